The number of quaternary nitrogens is 2. The fourth-order valence-electron chi connectivity index (χ4n) is 0.773. The first-order valence-corrected chi connectivity index (χ1v) is 7.72. The summed E-state index contributed by atoms with van der Waals surface area (Å²) in [5.41, 5.74) is 0. The van der Waals surface area contributed by atoms with Crippen LogP contribution >= 0.6 is 0 Å². The Bertz CT molecular complexity index is 308. The number of nitrogens with two attached hydrogens (primary N) is 2. The summed E-state index contributed by atoms with van der Waals surface area (Å²) in [6, 6.07) is 0. The van der Waals surface area contributed by atoms with Crippen molar-refractivity contribution in [1.82, 2.24) is 0 Å². The van der Waals surface area contributed by atoms with Crippen molar-refractivity contribution in [2.45, 2.75) is 13.8 Å². The Balaban J connectivity index is -0.000000239. The first kappa shape index (κ1) is 25.6. The van der Waals surface area contributed by atoms with Crippen LogP contribution in [0.2, 0.25) is 0 Å². The fraction of sp³-hybridized carbons (Fsp3) is 1.00. The van der Waals surface area contributed by atoms with Crippen molar-refractivity contribution in [3.63, 3.8) is 0 Å². The van der Waals surface area contributed by atoms with E-state index in [4.69, 9.17) is 39.4 Å². The molecule has 0 bridgehead atoms. The Hall–Kier alpha value is -0.370. The third-order valence-electron chi connectivity index (χ3n) is 2.67. The van der Waals surface area contributed by atoms with Crippen LogP contribution in [-0.4, -0.2) is 90.4 Å². The molecule has 0 amide bonds. The quantitative estimate of drug-likeness (QED) is 0.133. The Labute approximate surface area is 127 Å². The molecule has 0 radical (unpaired) electrons. The molecule has 0 spiro atoms. The smallest absolute Gasteiger partial charge is 0.119 e. The maximum atomic E-state index is 8.52. The predicted molar refractivity (Wildman–Crippen MR) is 76.2 cm³/mol. The van der Waals surface area contributed by atoms with Crippen LogP contribution in [0.1, 0.15) is 13.8 Å². The monoisotopic (exact) mass is 334 g/mol. The lowest BCUT2D eigenvalue weighted by atomic mass is 10.5. The van der Waals surface area contributed by atoms with Gasteiger partial charge in [0.25, 0.3) is 0 Å². The van der Waals surface area contributed by atoms with E-state index in [2.05, 4.69) is 0 Å². The number of rotatable bonds is 6. The van der Waals surface area contributed by atoms with E-state index < -0.39 is 10.4 Å². The summed E-state index contributed by atoms with van der Waals surface area (Å²) < 4.78 is 34.9. The van der Waals surface area contributed by atoms with Crippen LogP contribution in [0.15, 0.2) is 0 Å². The van der Waals surface area contributed by atoms with Crippen molar-refractivity contribution in [3.8, 4) is 0 Å². The molecule has 0 aliphatic rings. The average molecular weight is 334 g/mol. The van der Waals surface area contributed by atoms with E-state index in [1.54, 1.807) is 0 Å². The number of aliphatic hydroxyl groups excluding tert-OH is 2. The molecule has 0 saturated heterocycles. The van der Waals surface area contributed by atoms with Crippen molar-refractivity contribution in [2.24, 2.45) is 11.7 Å². The molecule has 0 aromatic rings. The summed E-state index contributed by atoms with van der Waals surface area (Å²) in [7, 11) is -1.40. The van der Waals surface area contributed by atoms with Gasteiger partial charge in [0.15, 0.2) is 0 Å². The van der Waals surface area contributed by atoms with Crippen molar-refractivity contribution in [1.29, 1.82) is 0 Å². The molecule has 0 aromatic heterocycles. The van der Waals surface area contributed by atoms with Crippen LogP contribution in [-0.2, 0) is 10.4 Å². The highest BCUT2D eigenvalue weighted by Crippen LogP contribution is 1.87. The Morgan fingerprint density at radius 1 is 0.905 bits per heavy atom. The Morgan fingerprint density at radius 3 is 1.14 bits per heavy atom. The Kier molecular flexibility index (Phi) is 14.9. The van der Waals surface area contributed by atoms with Gasteiger partial charge >= 0.3 is 0 Å². The lowest BCUT2D eigenvalue weighted by Gasteiger charge is -2.24. The molecule has 0 aromatic carbocycles. The highest BCUT2D eigenvalue weighted by molar-refractivity contribution is 7.79. The van der Waals surface area contributed by atoms with Crippen LogP contribution in [0.4, 0.5) is 0 Å². The molecule has 0 fully saturated rings. The first-order chi connectivity index (χ1) is 9.24. The maximum absolute atomic E-state index is 8.52. The van der Waals surface area contributed by atoms with Gasteiger partial charge in [0.1, 0.15) is 13.1 Å². The fourth-order valence-corrected chi connectivity index (χ4v) is 0.773. The second-order valence-electron chi connectivity index (χ2n) is 4.89. The molecule has 0 aliphatic carbocycles. The molecule has 0 saturated carbocycles. The summed E-state index contributed by atoms with van der Waals surface area (Å²) in [4.78, 5) is 0. The van der Waals surface area contributed by atoms with Crippen LogP contribution in [0.5, 0.6) is 0 Å². The molecule has 132 valence electrons. The van der Waals surface area contributed by atoms with Crippen molar-refractivity contribution < 1.29 is 36.9 Å². The molecule has 21 heavy (non-hydrogen) atoms. The minimum absolute atomic E-state index is 0.167. The average Bonchev–Trinajstić information content (AvgIpc) is 2.28. The summed E-state index contributed by atoms with van der Waals surface area (Å²) >= 11 is 0. The molecule has 11 heteroatoms. The molecule has 2 unspecified atom stereocenters. The SMILES string of the molecule is CC[N+](C)(N)CCO.CC[N+](C)(N)CCO.O=S(=O)([O-])[O-]. The lowest BCUT2D eigenvalue weighted by molar-refractivity contribution is -0.919. The first-order valence-electron chi connectivity index (χ1n) is 6.39. The van der Waals surface area contributed by atoms with Gasteiger partial charge in [0, 0.05) is 10.4 Å². The maximum Gasteiger partial charge on any atom is 0.119 e. The van der Waals surface area contributed by atoms with Gasteiger partial charge in [-0.05, 0) is 13.8 Å². The third-order valence-corrected chi connectivity index (χ3v) is 2.67. The van der Waals surface area contributed by atoms with E-state index in [0.717, 1.165) is 13.1 Å². The zero-order chi connectivity index (χ0) is 17.7. The molecular weight excluding hydrogens is 304 g/mol. The van der Waals surface area contributed by atoms with Crippen molar-refractivity contribution >= 4 is 10.4 Å². The van der Waals surface area contributed by atoms with Gasteiger partial charge in [0.2, 0.25) is 0 Å². The molecule has 0 aliphatic heterocycles. The number of aliphatic hydroxyl groups is 2. The van der Waals surface area contributed by atoms with Gasteiger partial charge in [0.05, 0.1) is 40.4 Å². The minimum atomic E-state index is -5.17. The van der Waals surface area contributed by atoms with Gasteiger partial charge < -0.3 is 19.3 Å². The standard InChI is InChI=1S/2C5H15N2O.H2O4S/c2*1-3-7(2,6)4-5-8;1-5(2,3)4/h2*8H,3-6H2,1-2H3;(H2,1,2,3,4)/q2*+1;/p-2. The van der Waals surface area contributed by atoms with Crippen molar-refractivity contribution in [3.05, 3.63) is 0 Å². The highest BCUT2D eigenvalue weighted by Gasteiger charge is 2.10. The summed E-state index contributed by atoms with van der Waals surface area (Å²) in [6.07, 6.45) is 0. The molecule has 0 heterocycles. The Morgan fingerprint density at radius 2 is 1.10 bits per heavy atom. The third kappa shape index (κ3) is 32.8. The number of hydrogen-bond donors (Lipinski definition) is 4. The second-order valence-corrected chi connectivity index (χ2v) is 5.71. The van der Waals surface area contributed by atoms with Crippen LogP contribution in [0, 0.1) is 0 Å². The molecule has 10 nitrogen and oxygen atoms in total. The summed E-state index contributed by atoms with van der Waals surface area (Å²) in [5, 5.41) is 16.9. The van der Waals surface area contributed by atoms with Crippen molar-refractivity contribution in [2.75, 3.05) is 53.5 Å². The number of nitrogens with zero attached hydrogens (tertiary/aromatic N) is 2. The van der Waals surface area contributed by atoms with E-state index in [-0.39, 0.29) is 13.2 Å². The lowest BCUT2D eigenvalue weighted by Crippen LogP contribution is -2.52. The normalized spacial score (nSPS) is 16.5. The van der Waals surface area contributed by atoms with Gasteiger partial charge in [-0.1, -0.05) is 0 Å². The predicted octanol–water partition coefficient (Wildman–Crippen LogP) is -2.70. The highest BCUT2D eigenvalue weighted by atomic mass is 32.3. The van der Waals surface area contributed by atoms with Gasteiger partial charge in [-0.2, -0.15) is 11.7 Å². The zero-order valence-electron chi connectivity index (χ0n) is 13.2. The van der Waals surface area contributed by atoms with Gasteiger partial charge in [-0.3, -0.25) is 8.42 Å². The summed E-state index contributed by atoms with van der Waals surface area (Å²) in [6.45, 7) is 7.32. The van der Waals surface area contributed by atoms with Crippen LogP contribution < -0.4 is 11.7 Å². The van der Waals surface area contributed by atoms with Crippen LogP contribution in [0.3, 0.4) is 0 Å². The van der Waals surface area contributed by atoms with E-state index >= 15 is 0 Å². The molecular formula is C10H30N4O6S. The zero-order valence-corrected chi connectivity index (χ0v) is 14.0. The largest absolute Gasteiger partial charge is 0.759 e. The molecule has 6 N–H and O–H groups in total. The van der Waals surface area contributed by atoms with E-state index in [9.17, 15) is 0 Å². The van der Waals surface area contributed by atoms with Gasteiger partial charge in [-0.25, -0.2) is 9.18 Å². The summed E-state index contributed by atoms with van der Waals surface area (Å²) in [5.74, 6) is 11.2. The number of hydrogen-bond acceptors (Lipinski definition) is 8. The topological polar surface area (TPSA) is 173 Å². The van der Waals surface area contributed by atoms with E-state index in [1.165, 1.54) is 0 Å². The van der Waals surface area contributed by atoms with Gasteiger partial charge in [-0.15, -0.1) is 0 Å². The van der Waals surface area contributed by atoms with E-state index in [0.29, 0.717) is 22.3 Å². The minimum Gasteiger partial charge on any atom is -0.759 e. The number of likely N-dealkylation sites (N-methyl/N-ethyl adjacent to an activating group) is 2. The van der Waals surface area contributed by atoms with E-state index in [1.807, 2.05) is 27.9 Å². The second kappa shape index (κ2) is 12.2. The van der Waals surface area contributed by atoms with Crippen LogP contribution in [0.25, 0.3) is 0 Å². The molecule has 2 atom stereocenters. The molecule has 0 rings (SSSR count).